The van der Waals surface area contributed by atoms with Gasteiger partial charge < -0.3 is 4.57 Å². The lowest BCUT2D eigenvalue weighted by atomic mass is 10.3. The highest BCUT2D eigenvalue weighted by Crippen LogP contribution is 2.32. The normalized spacial score (nSPS) is 11.8. The van der Waals surface area contributed by atoms with Crippen molar-refractivity contribution in [3.63, 3.8) is 0 Å². The Hall–Kier alpha value is -2.92. The number of halogens is 1. The van der Waals surface area contributed by atoms with Crippen LogP contribution in [-0.4, -0.2) is 34.5 Å². The van der Waals surface area contributed by atoms with Gasteiger partial charge in [-0.25, -0.2) is 14.6 Å². The van der Waals surface area contributed by atoms with Gasteiger partial charge in [0.1, 0.15) is 10.5 Å². The van der Waals surface area contributed by atoms with Crippen molar-refractivity contribution in [2.45, 2.75) is 13.0 Å². The Bertz CT molecular complexity index is 1330. The highest BCUT2D eigenvalue weighted by Gasteiger charge is 2.19. The average molecular weight is 401 g/mol. The summed E-state index contributed by atoms with van der Waals surface area (Å²) in [7, 11) is 1.81. The summed E-state index contributed by atoms with van der Waals surface area (Å²) in [5, 5.41) is 12.2. The molecule has 27 heavy (non-hydrogen) atoms. The minimum absolute atomic E-state index is 0.193. The average Bonchev–Trinajstić information content (AvgIpc) is 3.41. The van der Waals surface area contributed by atoms with Crippen LogP contribution in [0.4, 0.5) is 4.39 Å². The second kappa shape index (κ2) is 6.06. The SMILES string of the molecule is Cn1c2nc(Cc3ncsc3F)sc2c2cnn(Cc3ccn[nH]3)c(=O)c21. The first-order valence-electron chi connectivity index (χ1n) is 8.02. The number of nitrogens with one attached hydrogen (secondary N) is 1. The smallest absolute Gasteiger partial charge is 0.291 e. The Kier molecular flexibility index (Phi) is 3.65. The summed E-state index contributed by atoms with van der Waals surface area (Å²) in [5.74, 6) is 0. The number of aromatic amines is 1. The molecule has 0 saturated carbocycles. The molecule has 0 aliphatic carbocycles. The zero-order chi connectivity index (χ0) is 18.5. The molecule has 0 amide bonds. The van der Waals surface area contributed by atoms with Crippen LogP contribution in [-0.2, 0) is 20.0 Å². The van der Waals surface area contributed by atoms with E-state index in [1.807, 2.05) is 0 Å². The monoisotopic (exact) mass is 401 g/mol. The maximum Gasteiger partial charge on any atom is 0.291 e. The molecule has 0 aliphatic heterocycles. The van der Waals surface area contributed by atoms with E-state index < -0.39 is 0 Å². The Morgan fingerprint density at radius 1 is 1.37 bits per heavy atom. The Morgan fingerprint density at radius 2 is 2.26 bits per heavy atom. The van der Waals surface area contributed by atoms with Crippen molar-refractivity contribution in [2.24, 2.45) is 7.05 Å². The summed E-state index contributed by atoms with van der Waals surface area (Å²) in [4.78, 5) is 21.5. The van der Waals surface area contributed by atoms with Gasteiger partial charge >= 0.3 is 0 Å². The number of aromatic nitrogens is 7. The molecular formula is C16H12FN7OS2. The number of fused-ring (bicyclic) bond motifs is 3. The third kappa shape index (κ3) is 2.58. The fraction of sp³-hybridized carbons (Fsp3) is 0.188. The van der Waals surface area contributed by atoms with Crippen LogP contribution in [0.2, 0.25) is 0 Å². The lowest BCUT2D eigenvalue weighted by Crippen LogP contribution is -2.24. The predicted octanol–water partition coefficient (Wildman–Crippen LogP) is 2.30. The lowest BCUT2D eigenvalue weighted by molar-refractivity contribution is 0.631. The van der Waals surface area contributed by atoms with Crippen LogP contribution in [0.5, 0.6) is 0 Å². The molecule has 0 bridgehead atoms. The van der Waals surface area contributed by atoms with Crippen molar-refractivity contribution in [1.29, 1.82) is 0 Å². The summed E-state index contributed by atoms with van der Waals surface area (Å²) in [6, 6.07) is 1.80. The topological polar surface area (TPSA) is 94.3 Å². The molecule has 0 unspecified atom stereocenters. The van der Waals surface area contributed by atoms with Gasteiger partial charge in [-0.3, -0.25) is 9.89 Å². The fourth-order valence-electron chi connectivity index (χ4n) is 3.07. The van der Waals surface area contributed by atoms with Crippen LogP contribution in [0.25, 0.3) is 21.3 Å². The molecule has 5 heterocycles. The highest BCUT2D eigenvalue weighted by molar-refractivity contribution is 7.19. The van der Waals surface area contributed by atoms with Crippen LogP contribution >= 0.6 is 22.7 Å². The third-order valence-electron chi connectivity index (χ3n) is 4.36. The van der Waals surface area contributed by atoms with Crippen LogP contribution < -0.4 is 5.56 Å². The van der Waals surface area contributed by atoms with E-state index in [1.54, 1.807) is 30.1 Å². The first-order chi connectivity index (χ1) is 13.1. The molecule has 1 N–H and O–H groups in total. The minimum atomic E-state index is -0.289. The van der Waals surface area contributed by atoms with Crippen molar-refractivity contribution < 1.29 is 4.39 Å². The molecule has 0 aromatic carbocycles. The van der Waals surface area contributed by atoms with Gasteiger partial charge in [-0.05, 0) is 6.07 Å². The standard InChI is InChI=1S/C16H12FN7OS2/c1-23-12-9(5-20-24(16(12)25)6-8-2-3-19-22-8)13-15(23)21-11(27-13)4-10-14(17)26-7-18-10/h2-3,5,7H,4,6H2,1H3,(H,19,22). The van der Waals surface area contributed by atoms with Crippen LogP contribution in [0, 0.1) is 5.13 Å². The van der Waals surface area contributed by atoms with Crippen LogP contribution in [0.1, 0.15) is 16.4 Å². The summed E-state index contributed by atoms with van der Waals surface area (Å²) in [6.07, 6.45) is 3.65. The van der Waals surface area contributed by atoms with Crippen molar-refractivity contribution in [3.8, 4) is 0 Å². The van der Waals surface area contributed by atoms with E-state index in [0.717, 1.165) is 32.1 Å². The van der Waals surface area contributed by atoms with Gasteiger partial charge in [-0.2, -0.15) is 14.6 Å². The van der Waals surface area contributed by atoms with E-state index in [0.29, 0.717) is 29.8 Å². The van der Waals surface area contributed by atoms with E-state index >= 15 is 0 Å². The molecule has 5 rings (SSSR count). The van der Waals surface area contributed by atoms with E-state index in [1.165, 1.54) is 21.5 Å². The fourth-order valence-corrected chi connectivity index (χ4v) is 4.71. The molecule has 8 nitrogen and oxygen atoms in total. The zero-order valence-corrected chi connectivity index (χ0v) is 15.6. The van der Waals surface area contributed by atoms with Crippen molar-refractivity contribution in [1.82, 2.24) is 34.5 Å². The maximum atomic E-state index is 13.7. The quantitative estimate of drug-likeness (QED) is 0.499. The van der Waals surface area contributed by atoms with E-state index in [4.69, 9.17) is 0 Å². The molecule has 0 radical (unpaired) electrons. The number of nitrogens with zero attached hydrogens (tertiary/aromatic N) is 6. The number of hydrogen-bond donors (Lipinski definition) is 1. The number of thiazole rings is 2. The summed E-state index contributed by atoms with van der Waals surface area (Å²) < 4.78 is 17.7. The molecule has 0 atom stereocenters. The second-order valence-corrected chi connectivity index (χ2v) is 7.91. The largest absolute Gasteiger partial charge is 0.323 e. The van der Waals surface area contributed by atoms with E-state index in [-0.39, 0.29) is 10.7 Å². The molecule has 0 fully saturated rings. The van der Waals surface area contributed by atoms with Gasteiger partial charge in [0, 0.05) is 25.1 Å². The van der Waals surface area contributed by atoms with Gasteiger partial charge in [0.15, 0.2) is 10.8 Å². The molecule has 136 valence electrons. The summed E-state index contributed by atoms with van der Waals surface area (Å²) >= 11 is 2.41. The summed E-state index contributed by atoms with van der Waals surface area (Å²) in [5.41, 5.74) is 3.72. The molecule has 0 spiro atoms. The number of H-pyrrole nitrogens is 1. The van der Waals surface area contributed by atoms with Gasteiger partial charge in [-0.15, -0.1) is 11.3 Å². The molecule has 11 heteroatoms. The Morgan fingerprint density at radius 3 is 3.00 bits per heavy atom. The molecule has 0 aliphatic rings. The van der Waals surface area contributed by atoms with Gasteiger partial charge in [-0.1, -0.05) is 11.3 Å². The van der Waals surface area contributed by atoms with Crippen molar-refractivity contribution in [2.75, 3.05) is 0 Å². The van der Waals surface area contributed by atoms with Crippen LogP contribution in [0.3, 0.4) is 0 Å². The maximum absolute atomic E-state index is 13.7. The lowest BCUT2D eigenvalue weighted by Gasteiger charge is -2.03. The third-order valence-corrected chi connectivity index (χ3v) is 6.09. The molecule has 5 aromatic rings. The van der Waals surface area contributed by atoms with Gasteiger partial charge in [0.05, 0.1) is 34.3 Å². The highest BCUT2D eigenvalue weighted by atomic mass is 32.1. The summed E-state index contributed by atoms with van der Waals surface area (Å²) in [6.45, 7) is 0.315. The first-order valence-corrected chi connectivity index (χ1v) is 9.71. The second-order valence-electron chi connectivity index (χ2n) is 6.02. The Labute approximate surface area is 158 Å². The first kappa shape index (κ1) is 16.3. The van der Waals surface area contributed by atoms with Crippen molar-refractivity contribution in [3.05, 3.63) is 55.9 Å². The minimum Gasteiger partial charge on any atom is -0.323 e. The number of rotatable bonds is 4. The van der Waals surface area contributed by atoms with Gasteiger partial charge in [0.25, 0.3) is 5.56 Å². The molecule has 0 saturated heterocycles. The Balaban J connectivity index is 1.61. The van der Waals surface area contributed by atoms with Crippen LogP contribution in [0.15, 0.2) is 28.8 Å². The number of aryl methyl sites for hydroxylation is 1. The van der Waals surface area contributed by atoms with Crippen molar-refractivity contribution >= 4 is 43.9 Å². The molecular weight excluding hydrogens is 389 g/mol. The number of hydrogen-bond acceptors (Lipinski definition) is 7. The molecule has 5 aromatic heterocycles. The van der Waals surface area contributed by atoms with E-state index in [2.05, 4.69) is 25.3 Å². The van der Waals surface area contributed by atoms with Gasteiger partial charge in [0.2, 0.25) is 0 Å². The zero-order valence-electron chi connectivity index (χ0n) is 14.0. The predicted molar refractivity (Wildman–Crippen MR) is 101 cm³/mol. The van der Waals surface area contributed by atoms with E-state index in [9.17, 15) is 9.18 Å².